The SMILES string of the molecule is CCC(CC)[C@@H](CC(=O)O)NC(=O)OCC1c2ccccc2-c2ccccc21. The Morgan fingerprint density at radius 3 is 2.04 bits per heavy atom. The molecule has 2 N–H and O–H groups in total. The number of carbonyl (C=O) groups excluding carboxylic acids is 1. The first-order valence-electron chi connectivity index (χ1n) is 9.88. The minimum absolute atomic E-state index is 0.00998. The molecule has 2 aromatic rings. The number of carboxylic acid groups (broad SMARTS) is 1. The number of amides is 1. The van der Waals surface area contributed by atoms with Crippen molar-refractivity contribution in [1.82, 2.24) is 5.32 Å². The summed E-state index contributed by atoms with van der Waals surface area (Å²) in [4.78, 5) is 23.6. The number of carboxylic acids is 1. The second-order valence-electron chi connectivity index (χ2n) is 7.25. The molecule has 0 aromatic heterocycles. The minimum Gasteiger partial charge on any atom is -0.481 e. The van der Waals surface area contributed by atoms with E-state index in [0.29, 0.717) is 0 Å². The van der Waals surface area contributed by atoms with Crippen molar-refractivity contribution >= 4 is 12.1 Å². The van der Waals surface area contributed by atoms with Crippen LogP contribution in [0.15, 0.2) is 48.5 Å². The van der Waals surface area contributed by atoms with E-state index in [-0.39, 0.29) is 24.9 Å². The molecule has 0 fully saturated rings. The van der Waals surface area contributed by atoms with Gasteiger partial charge >= 0.3 is 12.1 Å². The van der Waals surface area contributed by atoms with Crippen LogP contribution < -0.4 is 5.32 Å². The first kappa shape index (κ1) is 19.9. The summed E-state index contributed by atoms with van der Waals surface area (Å²) in [6.07, 6.45) is 0.951. The van der Waals surface area contributed by atoms with Gasteiger partial charge in [-0.25, -0.2) is 4.79 Å². The Hall–Kier alpha value is -2.82. The van der Waals surface area contributed by atoms with Gasteiger partial charge in [0.1, 0.15) is 6.61 Å². The Kier molecular flexibility index (Phi) is 6.34. The summed E-state index contributed by atoms with van der Waals surface area (Å²) in [7, 11) is 0. The molecule has 0 radical (unpaired) electrons. The van der Waals surface area contributed by atoms with Gasteiger partial charge < -0.3 is 15.2 Å². The quantitative estimate of drug-likeness (QED) is 0.688. The van der Waals surface area contributed by atoms with Gasteiger partial charge in [0.2, 0.25) is 0 Å². The summed E-state index contributed by atoms with van der Waals surface area (Å²) < 4.78 is 5.55. The van der Waals surface area contributed by atoms with Gasteiger partial charge in [-0.15, -0.1) is 0 Å². The van der Waals surface area contributed by atoms with Crippen LogP contribution >= 0.6 is 0 Å². The predicted octanol–water partition coefficient (Wildman–Crippen LogP) is 4.80. The highest BCUT2D eigenvalue weighted by atomic mass is 16.5. The number of ether oxygens (including phenoxy) is 1. The van der Waals surface area contributed by atoms with Crippen molar-refractivity contribution in [1.29, 1.82) is 0 Å². The van der Waals surface area contributed by atoms with Gasteiger partial charge in [0.25, 0.3) is 0 Å². The van der Waals surface area contributed by atoms with Crippen LogP contribution in [-0.2, 0) is 9.53 Å². The van der Waals surface area contributed by atoms with Crippen molar-refractivity contribution in [3.63, 3.8) is 0 Å². The fraction of sp³-hybridized carbons (Fsp3) is 0.391. The van der Waals surface area contributed by atoms with Crippen LogP contribution in [0.5, 0.6) is 0 Å². The number of carbonyl (C=O) groups is 2. The predicted molar refractivity (Wildman–Crippen MR) is 108 cm³/mol. The van der Waals surface area contributed by atoms with Crippen LogP contribution in [0.25, 0.3) is 11.1 Å². The molecule has 0 unspecified atom stereocenters. The lowest BCUT2D eigenvalue weighted by Crippen LogP contribution is -2.42. The highest BCUT2D eigenvalue weighted by Crippen LogP contribution is 2.44. The average molecular weight is 381 g/mol. The summed E-state index contributed by atoms with van der Waals surface area (Å²) >= 11 is 0. The van der Waals surface area contributed by atoms with Crippen LogP contribution in [0.4, 0.5) is 4.79 Å². The number of benzene rings is 2. The molecule has 0 bridgehead atoms. The molecule has 5 nitrogen and oxygen atoms in total. The maximum atomic E-state index is 12.4. The first-order valence-corrected chi connectivity index (χ1v) is 9.88. The number of hydrogen-bond acceptors (Lipinski definition) is 3. The summed E-state index contributed by atoms with van der Waals surface area (Å²) in [6.45, 7) is 4.23. The molecule has 148 valence electrons. The summed E-state index contributed by atoms with van der Waals surface area (Å²) in [6, 6.07) is 15.9. The Morgan fingerprint density at radius 2 is 1.54 bits per heavy atom. The zero-order valence-electron chi connectivity index (χ0n) is 16.4. The standard InChI is InChI=1S/C23H27NO4/c1-3-15(4-2)21(13-22(25)26)24-23(27)28-14-20-18-11-7-5-9-16(18)17-10-6-8-12-19(17)20/h5-12,15,20-21H,3-4,13-14H2,1-2H3,(H,24,27)(H,25,26)/t21-/m1/s1. The lowest BCUT2D eigenvalue weighted by Gasteiger charge is -2.25. The van der Waals surface area contributed by atoms with Crippen molar-refractivity contribution < 1.29 is 19.4 Å². The second kappa shape index (κ2) is 8.91. The maximum absolute atomic E-state index is 12.4. The second-order valence-corrected chi connectivity index (χ2v) is 7.25. The molecule has 0 spiro atoms. The first-order chi connectivity index (χ1) is 13.5. The molecular formula is C23H27NO4. The van der Waals surface area contributed by atoms with Gasteiger partial charge in [-0.1, -0.05) is 75.2 Å². The van der Waals surface area contributed by atoms with Crippen molar-refractivity contribution in [3.05, 3.63) is 59.7 Å². The van der Waals surface area contributed by atoms with Crippen LogP contribution in [-0.4, -0.2) is 29.8 Å². The van der Waals surface area contributed by atoms with E-state index in [2.05, 4.69) is 29.6 Å². The lowest BCUT2D eigenvalue weighted by molar-refractivity contribution is -0.137. The third-order valence-electron chi connectivity index (χ3n) is 5.66. The van der Waals surface area contributed by atoms with Crippen LogP contribution in [0.3, 0.4) is 0 Å². The van der Waals surface area contributed by atoms with Gasteiger partial charge in [-0.3, -0.25) is 4.79 Å². The molecule has 0 saturated carbocycles. The van der Waals surface area contributed by atoms with Crippen molar-refractivity contribution in [2.24, 2.45) is 5.92 Å². The van der Waals surface area contributed by atoms with E-state index in [1.165, 1.54) is 11.1 Å². The molecule has 0 aliphatic heterocycles. The van der Waals surface area contributed by atoms with Crippen molar-refractivity contribution in [2.75, 3.05) is 6.61 Å². The number of alkyl carbamates (subject to hydrolysis) is 1. The third-order valence-corrected chi connectivity index (χ3v) is 5.66. The van der Waals surface area contributed by atoms with Gasteiger partial charge in [-0.2, -0.15) is 0 Å². The van der Waals surface area contributed by atoms with Gasteiger partial charge in [0, 0.05) is 12.0 Å². The highest BCUT2D eigenvalue weighted by Gasteiger charge is 2.30. The molecule has 0 saturated heterocycles. The molecule has 1 aliphatic carbocycles. The fourth-order valence-electron chi connectivity index (χ4n) is 4.17. The van der Waals surface area contributed by atoms with E-state index in [4.69, 9.17) is 9.84 Å². The van der Waals surface area contributed by atoms with Gasteiger partial charge in [-0.05, 0) is 28.2 Å². The van der Waals surface area contributed by atoms with Gasteiger partial charge in [0.15, 0.2) is 0 Å². The van der Waals surface area contributed by atoms with Crippen LogP contribution in [0.2, 0.25) is 0 Å². The number of rotatable bonds is 8. The van der Waals surface area contributed by atoms with Crippen molar-refractivity contribution in [3.8, 4) is 11.1 Å². The molecule has 0 heterocycles. The summed E-state index contributed by atoms with van der Waals surface area (Å²) in [5, 5.41) is 11.9. The van der Waals surface area contributed by atoms with E-state index < -0.39 is 18.1 Å². The number of fused-ring (bicyclic) bond motifs is 3. The molecule has 2 aromatic carbocycles. The smallest absolute Gasteiger partial charge is 0.407 e. The number of nitrogens with one attached hydrogen (secondary N) is 1. The Labute approximate surface area is 165 Å². The number of aliphatic carboxylic acids is 1. The Balaban J connectivity index is 1.69. The number of hydrogen-bond donors (Lipinski definition) is 2. The maximum Gasteiger partial charge on any atom is 0.407 e. The lowest BCUT2D eigenvalue weighted by atomic mass is 9.92. The third kappa shape index (κ3) is 4.19. The van der Waals surface area contributed by atoms with Gasteiger partial charge in [0.05, 0.1) is 6.42 Å². The molecule has 1 amide bonds. The van der Waals surface area contributed by atoms with Crippen molar-refractivity contribution in [2.45, 2.75) is 45.1 Å². The largest absolute Gasteiger partial charge is 0.481 e. The van der Waals surface area contributed by atoms with E-state index >= 15 is 0 Å². The normalized spacial score (nSPS) is 13.7. The molecule has 3 rings (SSSR count). The van der Waals surface area contributed by atoms with E-state index in [1.54, 1.807) is 0 Å². The zero-order valence-corrected chi connectivity index (χ0v) is 16.4. The van der Waals surface area contributed by atoms with E-state index in [9.17, 15) is 9.59 Å². The fourth-order valence-corrected chi connectivity index (χ4v) is 4.17. The Bertz CT molecular complexity index is 799. The molecule has 28 heavy (non-hydrogen) atoms. The molecular weight excluding hydrogens is 354 g/mol. The topological polar surface area (TPSA) is 75.6 Å². The average Bonchev–Trinajstić information content (AvgIpc) is 3.01. The minimum atomic E-state index is -0.921. The monoisotopic (exact) mass is 381 g/mol. The van der Waals surface area contributed by atoms with E-state index in [0.717, 1.165) is 24.0 Å². The Morgan fingerprint density at radius 1 is 1.00 bits per heavy atom. The molecule has 1 aliphatic rings. The highest BCUT2D eigenvalue weighted by molar-refractivity contribution is 5.79. The van der Waals surface area contributed by atoms with Crippen LogP contribution in [0, 0.1) is 5.92 Å². The van der Waals surface area contributed by atoms with Crippen LogP contribution in [0.1, 0.15) is 50.2 Å². The van der Waals surface area contributed by atoms with E-state index in [1.807, 2.05) is 38.1 Å². The molecule has 1 atom stereocenters. The summed E-state index contributed by atoms with van der Waals surface area (Å²) in [5.41, 5.74) is 4.65. The summed E-state index contributed by atoms with van der Waals surface area (Å²) in [5.74, 6) is -0.823. The zero-order chi connectivity index (χ0) is 20.1. The molecule has 5 heteroatoms.